The molecule has 0 heterocycles. The maximum absolute atomic E-state index is 12.0. The third-order valence-corrected chi connectivity index (χ3v) is 3.70. The average Bonchev–Trinajstić information content (AvgIpc) is 2.36. The minimum Gasteiger partial charge on any atom is -0.349 e. The van der Waals surface area contributed by atoms with Crippen molar-refractivity contribution >= 4 is 5.91 Å². The molecule has 0 aromatic heterocycles. The predicted octanol–water partition coefficient (Wildman–Crippen LogP) is 2.70. The summed E-state index contributed by atoms with van der Waals surface area (Å²) in [5, 5.41) is 3.15. The monoisotopic (exact) mass is 260 g/mol. The van der Waals surface area contributed by atoms with Crippen LogP contribution in [0.5, 0.6) is 0 Å². The number of carbonyl (C=O) groups excluding carboxylic acids is 1. The molecule has 1 amide bonds. The number of benzene rings is 1. The lowest BCUT2D eigenvalue weighted by molar-refractivity contribution is -0.122. The van der Waals surface area contributed by atoms with Crippen LogP contribution in [0.3, 0.4) is 0 Å². The van der Waals surface area contributed by atoms with Crippen molar-refractivity contribution in [3.8, 4) is 0 Å². The number of aryl methyl sites for hydroxylation is 1. The van der Waals surface area contributed by atoms with E-state index in [1.54, 1.807) is 0 Å². The van der Waals surface area contributed by atoms with Gasteiger partial charge in [-0.1, -0.05) is 24.3 Å². The van der Waals surface area contributed by atoms with E-state index in [0.717, 1.165) is 19.3 Å². The maximum Gasteiger partial charge on any atom is 0.220 e. The van der Waals surface area contributed by atoms with Crippen molar-refractivity contribution in [3.05, 3.63) is 35.4 Å². The maximum atomic E-state index is 12.0. The van der Waals surface area contributed by atoms with Crippen LogP contribution in [0.15, 0.2) is 24.3 Å². The Hall–Kier alpha value is -1.35. The number of carbonyl (C=O) groups is 1. The predicted molar refractivity (Wildman–Crippen MR) is 77.8 cm³/mol. The summed E-state index contributed by atoms with van der Waals surface area (Å²) in [6, 6.07) is 8.59. The minimum atomic E-state index is -0.276. The van der Waals surface area contributed by atoms with Crippen molar-refractivity contribution in [1.29, 1.82) is 0 Å². The molecule has 1 aromatic carbocycles. The van der Waals surface area contributed by atoms with Gasteiger partial charge in [0.15, 0.2) is 0 Å². The number of nitrogens with two attached hydrogens (primary N) is 1. The second-order valence-electron chi connectivity index (χ2n) is 6.20. The number of hydrogen-bond acceptors (Lipinski definition) is 2. The summed E-state index contributed by atoms with van der Waals surface area (Å²) < 4.78 is 0. The van der Waals surface area contributed by atoms with Crippen LogP contribution in [0.25, 0.3) is 0 Å². The summed E-state index contributed by atoms with van der Waals surface area (Å²) in [5.41, 5.74) is 8.30. The van der Waals surface area contributed by atoms with Gasteiger partial charge in [0.1, 0.15) is 0 Å². The zero-order chi connectivity index (χ0) is 13.9. The van der Waals surface area contributed by atoms with E-state index in [1.807, 2.05) is 19.9 Å². The Kier molecular flexibility index (Phi) is 4.25. The van der Waals surface area contributed by atoms with E-state index in [1.165, 1.54) is 11.1 Å². The van der Waals surface area contributed by atoms with Gasteiger partial charge in [-0.2, -0.15) is 0 Å². The van der Waals surface area contributed by atoms with Crippen LogP contribution in [0.4, 0.5) is 0 Å². The fraction of sp³-hybridized carbons (Fsp3) is 0.562. The molecule has 0 spiro atoms. The minimum absolute atomic E-state index is 0.111. The zero-order valence-electron chi connectivity index (χ0n) is 11.9. The third kappa shape index (κ3) is 4.06. The Bertz CT molecular complexity index is 448. The van der Waals surface area contributed by atoms with E-state index in [9.17, 15) is 4.79 Å². The molecule has 3 heteroatoms. The highest BCUT2D eigenvalue weighted by atomic mass is 16.1. The number of nitrogens with one attached hydrogen (secondary N) is 1. The van der Waals surface area contributed by atoms with Crippen molar-refractivity contribution in [2.75, 3.05) is 0 Å². The molecule has 3 N–H and O–H groups in total. The van der Waals surface area contributed by atoms with Crippen molar-refractivity contribution in [2.24, 2.45) is 5.73 Å². The van der Waals surface area contributed by atoms with Crippen molar-refractivity contribution in [2.45, 2.75) is 57.5 Å². The highest BCUT2D eigenvalue weighted by molar-refractivity contribution is 5.76. The van der Waals surface area contributed by atoms with Gasteiger partial charge < -0.3 is 11.1 Å². The summed E-state index contributed by atoms with van der Waals surface area (Å²) in [6.45, 7) is 3.91. The van der Waals surface area contributed by atoms with Crippen LogP contribution in [-0.4, -0.2) is 11.4 Å². The SMILES string of the molecule is CC(C)(N)CCC(=O)NC1CCCc2ccccc21. The summed E-state index contributed by atoms with van der Waals surface area (Å²) in [6.07, 6.45) is 4.52. The first-order valence-corrected chi connectivity index (χ1v) is 7.12. The van der Waals surface area contributed by atoms with E-state index < -0.39 is 0 Å². The first kappa shape index (κ1) is 14.1. The second kappa shape index (κ2) is 5.74. The van der Waals surface area contributed by atoms with Gasteiger partial charge in [-0.3, -0.25) is 4.79 Å². The van der Waals surface area contributed by atoms with Crippen LogP contribution in [0, 0.1) is 0 Å². The Balaban J connectivity index is 1.95. The third-order valence-electron chi connectivity index (χ3n) is 3.70. The Morgan fingerprint density at radius 2 is 2.16 bits per heavy atom. The molecule has 3 nitrogen and oxygen atoms in total. The van der Waals surface area contributed by atoms with Gasteiger partial charge in [0.05, 0.1) is 6.04 Å². The smallest absolute Gasteiger partial charge is 0.220 e. The van der Waals surface area contributed by atoms with Gasteiger partial charge >= 0.3 is 0 Å². The normalized spacial score (nSPS) is 18.8. The molecule has 104 valence electrons. The number of amides is 1. The van der Waals surface area contributed by atoms with Gasteiger partial charge in [0.2, 0.25) is 5.91 Å². The molecule has 1 aliphatic rings. The van der Waals surface area contributed by atoms with Crippen molar-refractivity contribution in [3.63, 3.8) is 0 Å². The van der Waals surface area contributed by atoms with Gasteiger partial charge in [-0.25, -0.2) is 0 Å². The molecule has 0 aliphatic heterocycles. The second-order valence-corrected chi connectivity index (χ2v) is 6.20. The van der Waals surface area contributed by atoms with Crippen LogP contribution in [-0.2, 0) is 11.2 Å². The highest BCUT2D eigenvalue weighted by Crippen LogP contribution is 2.29. The Morgan fingerprint density at radius 3 is 2.89 bits per heavy atom. The van der Waals surface area contributed by atoms with Crippen LogP contribution >= 0.6 is 0 Å². The summed E-state index contributed by atoms with van der Waals surface area (Å²) >= 11 is 0. The van der Waals surface area contributed by atoms with E-state index in [4.69, 9.17) is 5.73 Å². The lowest BCUT2D eigenvalue weighted by Gasteiger charge is -2.27. The lowest BCUT2D eigenvalue weighted by Crippen LogP contribution is -2.36. The first-order chi connectivity index (χ1) is 8.96. The van der Waals surface area contributed by atoms with Gasteiger partial charge in [0, 0.05) is 12.0 Å². The van der Waals surface area contributed by atoms with E-state index >= 15 is 0 Å². The molecule has 19 heavy (non-hydrogen) atoms. The average molecular weight is 260 g/mol. The quantitative estimate of drug-likeness (QED) is 0.874. The van der Waals surface area contributed by atoms with Crippen LogP contribution < -0.4 is 11.1 Å². The summed E-state index contributed by atoms with van der Waals surface area (Å²) in [5.74, 6) is 0.111. The molecule has 1 aromatic rings. The molecule has 1 atom stereocenters. The van der Waals surface area contributed by atoms with E-state index in [2.05, 4.69) is 23.5 Å². The van der Waals surface area contributed by atoms with Crippen LogP contribution in [0.2, 0.25) is 0 Å². The molecular weight excluding hydrogens is 236 g/mol. The fourth-order valence-electron chi connectivity index (χ4n) is 2.61. The molecule has 0 radical (unpaired) electrons. The van der Waals surface area contributed by atoms with Crippen molar-refractivity contribution in [1.82, 2.24) is 5.32 Å². The molecule has 1 aliphatic carbocycles. The van der Waals surface area contributed by atoms with Crippen molar-refractivity contribution < 1.29 is 4.79 Å². The molecule has 0 bridgehead atoms. The van der Waals surface area contributed by atoms with Crippen LogP contribution in [0.1, 0.15) is 56.7 Å². The molecule has 0 fully saturated rings. The molecule has 0 saturated heterocycles. The number of hydrogen-bond donors (Lipinski definition) is 2. The lowest BCUT2D eigenvalue weighted by atomic mass is 9.87. The topological polar surface area (TPSA) is 55.1 Å². The van der Waals surface area contributed by atoms with E-state index in [0.29, 0.717) is 12.8 Å². The molecule has 1 unspecified atom stereocenters. The van der Waals surface area contributed by atoms with Gasteiger partial charge in [-0.05, 0) is 50.7 Å². The first-order valence-electron chi connectivity index (χ1n) is 7.12. The molecule has 2 rings (SSSR count). The van der Waals surface area contributed by atoms with Gasteiger partial charge in [-0.15, -0.1) is 0 Å². The Morgan fingerprint density at radius 1 is 1.42 bits per heavy atom. The summed E-state index contributed by atoms with van der Waals surface area (Å²) in [7, 11) is 0. The van der Waals surface area contributed by atoms with Gasteiger partial charge in [0.25, 0.3) is 0 Å². The highest BCUT2D eigenvalue weighted by Gasteiger charge is 2.22. The fourth-order valence-corrected chi connectivity index (χ4v) is 2.61. The number of fused-ring (bicyclic) bond motifs is 1. The largest absolute Gasteiger partial charge is 0.349 e. The zero-order valence-corrected chi connectivity index (χ0v) is 11.9. The Labute approximate surface area is 115 Å². The molecule has 0 saturated carbocycles. The van der Waals surface area contributed by atoms with E-state index in [-0.39, 0.29) is 17.5 Å². The molecular formula is C16H24N2O. The standard InChI is InChI=1S/C16H24N2O/c1-16(2,17)11-10-15(19)18-14-9-5-7-12-6-3-4-8-13(12)14/h3-4,6,8,14H,5,7,9-11,17H2,1-2H3,(H,18,19). The summed E-state index contributed by atoms with van der Waals surface area (Å²) in [4.78, 5) is 12.0. The number of rotatable bonds is 4.